The Bertz CT molecular complexity index is 406. The molecule has 0 bridgehead atoms. The van der Waals surface area contributed by atoms with Gasteiger partial charge in [0.1, 0.15) is 5.75 Å². The summed E-state index contributed by atoms with van der Waals surface area (Å²) in [5.41, 5.74) is 1.95. The van der Waals surface area contributed by atoms with Gasteiger partial charge < -0.3 is 9.84 Å². The highest BCUT2D eigenvalue weighted by Gasteiger charge is 2.04. The molecule has 0 aliphatic rings. The van der Waals surface area contributed by atoms with E-state index in [9.17, 15) is 4.79 Å². The lowest BCUT2D eigenvalue weighted by Gasteiger charge is -2.10. The maximum atomic E-state index is 10.5. The average molecular weight is 220 g/mol. The molecular weight excluding hydrogens is 204 g/mol. The number of benzene rings is 1. The Morgan fingerprint density at radius 3 is 2.62 bits per heavy atom. The van der Waals surface area contributed by atoms with Crippen molar-refractivity contribution < 1.29 is 14.6 Å². The molecule has 16 heavy (non-hydrogen) atoms. The first kappa shape index (κ1) is 12.3. The minimum absolute atomic E-state index is 0.405. The number of carboxylic acids is 1. The van der Waals surface area contributed by atoms with E-state index in [1.54, 1.807) is 13.2 Å². The van der Waals surface area contributed by atoms with E-state index in [2.05, 4.69) is 13.8 Å². The molecule has 0 unspecified atom stereocenters. The Kier molecular flexibility index (Phi) is 4.11. The van der Waals surface area contributed by atoms with Gasteiger partial charge in [-0.05, 0) is 29.7 Å². The molecule has 0 spiro atoms. The third kappa shape index (κ3) is 3.12. The lowest BCUT2D eigenvalue weighted by molar-refractivity contribution is -0.131. The molecule has 1 aromatic rings. The molecule has 0 aliphatic heterocycles. The minimum Gasteiger partial charge on any atom is -0.496 e. The number of hydrogen-bond donors (Lipinski definition) is 1. The molecule has 0 saturated carbocycles. The van der Waals surface area contributed by atoms with Crippen molar-refractivity contribution in [1.29, 1.82) is 0 Å². The molecule has 0 saturated heterocycles. The summed E-state index contributed by atoms with van der Waals surface area (Å²) in [6, 6.07) is 5.79. The molecule has 0 amide bonds. The van der Waals surface area contributed by atoms with Crippen LogP contribution in [0.3, 0.4) is 0 Å². The number of carbonyl (C=O) groups is 1. The van der Waals surface area contributed by atoms with Gasteiger partial charge in [0.15, 0.2) is 0 Å². The van der Waals surface area contributed by atoms with Crippen molar-refractivity contribution in [3.05, 3.63) is 35.4 Å². The fourth-order valence-electron chi connectivity index (χ4n) is 1.40. The normalized spacial score (nSPS) is 11.0. The molecule has 1 N–H and O–H groups in total. The van der Waals surface area contributed by atoms with E-state index >= 15 is 0 Å². The molecule has 0 aromatic heterocycles. The summed E-state index contributed by atoms with van der Waals surface area (Å²) in [4.78, 5) is 10.5. The number of carboxylic acid groups (broad SMARTS) is 1. The summed E-state index contributed by atoms with van der Waals surface area (Å²) >= 11 is 0. The van der Waals surface area contributed by atoms with E-state index in [1.807, 2.05) is 18.2 Å². The van der Waals surface area contributed by atoms with Gasteiger partial charge in [-0.1, -0.05) is 19.9 Å². The van der Waals surface area contributed by atoms with E-state index in [0.717, 1.165) is 17.2 Å². The summed E-state index contributed by atoms with van der Waals surface area (Å²) in [5, 5.41) is 8.59. The largest absolute Gasteiger partial charge is 0.496 e. The average Bonchev–Trinajstić information content (AvgIpc) is 2.25. The van der Waals surface area contributed by atoms with Crippen LogP contribution in [0.25, 0.3) is 6.08 Å². The van der Waals surface area contributed by atoms with E-state index in [0.29, 0.717) is 11.7 Å². The van der Waals surface area contributed by atoms with E-state index in [-0.39, 0.29) is 0 Å². The molecule has 0 heterocycles. The van der Waals surface area contributed by atoms with Crippen LogP contribution in [0.2, 0.25) is 0 Å². The zero-order valence-electron chi connectivity index (χ0n) is 9.73. The zero-order valence-corrected chi connectivity index (χ0v) is 9.73. The van der Waals surface area contributed by atoms with Gasteiger partial charge in [-0.15, -0.1) is 0 Å². The fourth-order valence-corrected chi connectivity index (χ4v) is 1.40. The van der Waals surface area contributed by atoms with Gasteiger partial charge >= 0.3 is 5.97 Å². The molecule has 3 heteroatoms. The van der Waals surface area contributed by atoms with Gasteiger partial charge in [-0.2, -0.15) is 0 Å². The Labute approximate surface area is 95.4 Å². The predicted molar refractivity (Wildman–Crippen MR) is 63.8 cm³/mol. The lowest BCUT2D eigenvalue weighted by Crippen LogP contribution is -1.93. The van der Waals surface area contributed by atoms with Gasteiger partial charge in [0, 0.05) is 11.6 Å². The predicted octanol–water partition coefficient (Wildman–Crippen LogP) is 2.92. The monoisotopic (exact) mass is 220 g/mol. The highest BCUT2D eigenvalue weighted by molar-refractivity contribution is 5.86. The van der Waals surface area contributed by atoms with Crippen LogP contribution in [0.5, 0.6) is 5.75 Å². The van der Waals surface area contributed by atoms with Gasteiger partial charge in [0.05, 0.1) is 7.11 Å². The van der Waals surface area contributed by atoms with Crippen LogP contribution in [-0.4, -0.2) is 18.2 Å². The summed E-state index contributed by atoms with van der Waals surface area (Å²) in [7, 11) is 1.57. The summed E-state index contributed by atoms with van der Waals surface area (Å²) in [6.07, 6.45) is 2.66. The Morgan fingerprint density at radius 1 is 1.44 bits per heavy atom. The number of hydrogen-bond acceptors (Lipinski definition) is 2. The molecule has 1 aromatic carbocycles. The molecule has 1 rings (SSSR count). The topological polar surface area (TPSA) is 46.5 Å². The van der Waals surface area contributed by atoms with Crippen molar-refractivity contribution in [2.45, 2.75) is 19.8 Å². The number of rotatable bonds is 4. The van der Waals surface area contributed by atoms with E-state index in [1.165, 1.54) is 0 Å². The number of ether oxygens (including phenoxy) is 1. The first-order valence-electron chi connectivity index (χ1n) is 5.13. The van der Waals surface area contributed by atoms with Crippen LogP contribution in [0, 0.1) is 0 Å². The Morgan fingerprint density at radius 2 is 2.12 bits per heavy atom. The summed E-state index contributed by atoms with van der Waals surface area (Å²) in [5.74, 6) is 0.127. The number of methoxy groups -OCH3 is 1. The highest BCUT2D eigenvalue weighted by Crippen LogP contribution is 2.25. The zero-order chi connectivity index (χ0) is 12.1. The summed E-state index contributed by atoms with van der Waals surface area (Å²) < 4.78 is 5.17. The molecule has 86 valence electrons. The van der Waals surface area contributed by atoms with Crippen molar-refractivity contribution in [2.24, 2.45) is 0 Å². The van der Waals surface area contributed by atoms with Crippen molar-refractivity contribution in [3.63, 3.8) is 0 Å². The van der Waals surface area contributed by atoms with Crippen LogP contribution in [0.4, 0.5) is 0 Å². The second-order valence-corrected chi connectivity index (χ2v) is 3.83. The van der Waals surface area contributed by atoms with Crippen LogP contribution in [0.1, 0.15) is 30.9 Å². The van der Waals surface area contributed by atoms with E-state index < -0.39 is 5.97 Å². The second-order valence-electron chi connectivity index (χ2n) is 3.83. The standard InChI is InChI=1S/C13H16O3/c1-9(2)10-4-6-12(16-3)11(8-10)5-7-13(14)15/h4-9H,1-3H3,(H,14,15)/b7-5+. The molecule has 0 radical (unpaired) electrons. The summed E-state index contributed by atoms with van der Waals surface area (Å²) in [6.45, 7) is 4.18. The van der Waals surface area contributed by atoms with E-state index in [4.69, 9.17) is 9.84 Å². The molecule has 3 nitrogen and oxygen atoms in total. The van der Waals surface area contributed by atoms with Crippen LogP contribution in [-0.2, 0) is 4.79 Å². The van der Waals surface area contributed by atoms with Crippen molar-refractivity contribution in [1.82, 2.24) is 0 Å². The second kappa shape index (κ2) is 5.35. The third-order valence-corrected chi connectivity index (χ3v) is 2.33. The van der Waals surface area contributed by atoms with Crippen LogP contribution in [0.15, 0.2) is 24.3 Å². The van der Waals surface area contributed by atoms with Crippen molar-refractivity contribution >= 4 is 12.0 Å². The Hall–Kier alpha value is -1.77. The van der Waals surface area contributed by atoms with Crippen LogP contribution < -0.4 is 4.74 Å². The minimum atomic E-state index is -0.961. The quantitative estimate of drug-likeness (QED) is 0.793. The van der Waals surface area contributed by atoms with Gasteiger partial charge in [-0.3, -0.25) is 0 Å². The fraction of sp³-hybridized carbons (Fsp3) is 0.308. The van der Waals surface area contributed by atoms with Crippen LogP contribution >= 0.6 is 0 Å². The van der Waals surface area contributed by atoms with Gasteiger partial charge in [0.2, 0.25) is 0 Å². The molecule has 0 atom stereocenters. The SMILES string of the molecule is COc1ccc(C(C)C)cc1/C=C/C(=O)O. The maximum Gasteiger partial charge on any atom is 0.328 e. The first-order chi connectivity index (χ1) is 7.54. The smallest absolute Gasteiger partial charge is 0.328 e. The number of aliphatic carboxylic acids is 1. The molecule has 0 fully saturated rings. The van der Waals surface area contributed by atoms with Gasteiger partial charge in [-0.25, -0.2) is 4.79 Å². The molecular formula is C13H16O3. The molecule has 0 aliphatic carbocycles. The van der Waals surface area contributed by atoms with Gasteiger partial charge in [0.25, 0.3) is 0 Å². The lowest BCUT2D eigenvalue weighted by atomic mass is 10.00. The Balaban J connectivity index is 3.11. The maximum absolute atomic E-state index is 10.5. The third-order valence-electron chi connectivity index (χ3n) is 2.33. The van der Waals surface area contributed by atoms with Crippen molar-refractivity contribution in [3.8, 4) is 5.75 Å². The highest BCUT2D eigenvalue weighted by atomic mass is 16.5. The first-order valence-corrected chi connectivity index (χ1v) is 5.13. The van der Waals surface area contributed by atoms with Crippen molar-refractivity contribution in [2.75, 3.05) is 7.11 Å².